The van der Waals surface area contributed by atoms with E-state index >= 15 is 0 Å². The zero-order chi connectivity index (χ0) is 23.2. The monoisotopic (exact) mass is 439 g/mol. The Labute approximate surface area is 192 Å². The number of carbonyl (C=O) groups is 1. The average Bonchev–Trinajstić information content (AvgIpc) is 2.88. The summed E-state index contributed by atoms with van der Waals surface area (Å²) in [6.07, 6.45) is 0. The molecule has 6 nitrogen and oxygen atoms in total. The maximum Gasteiger partial charge on any atom is 0.267 e. The number of carbonyl (C=O) groups excluding carboxylic acids is 1. The number of amides is 1. The summed E-state index contributed by atoms with van der Waals surface area (Å²) < 4.78 is 6.42. The van der Waals surface area contributed by atoms with E-state index in [-0.39, 0.29) is 17.5 Å². The number of methoxy groups -OCH3 is 1. The van der Waals surface area contributed by atoms with Gasteiger partial charge in [-0.05, 0) is 48.4 Å². The van der Waals surface area contributed by atoms with Gasteiger partial charge in [0, 0.05) is 11.6 Å². The first-order chi connectivity index (χ1) is 16.1. The molecule has 1 unspecified atom stereocenters. The molecule has 0 radical (unpaired) electrons. The third-order valence-electron chi connectivity index (χ3n) is 5.51. The fraction of sp³-hybridized carbons (Fsp3) is 0.148. The molecule has 4 aromatic rings. The van der Waals surface area contributed by atoms with Gasteiger partial charge in [-0.3, -0.25) is 9.59 Å². The lowest BCUT2D eigenvalue weighted by Crippen LogP contribution is -2.39. The summed E-state index contributed by atoms with van der Waals surface area (Å²) in [5.41, 5.74) is 2.99. The second-order valence-corrected chi connectivity index (χ2v) is 7.67. The van der Waals surface area contributed by atoms with Crippen LogP contribution in [0.5, 0.6) is 5.75 Å². The van der Waals surface area contributed by atoms with Crippen LogP contribution in [0.3, 0.4) is 0 Å². The fourth-order valence-corrected chi connectivity index (χ4v) is 3.64. The maximum atomic E-state index is 13.3. The van der Waals surface area contributed by atoms with Crippen molar-refractivity contribution in [1.82, 2.24) is 15.1 Å². The number of rotatable bonds is 7. The van der Waals surface area contributed by atoms with E-state index in [4.69, 9.17) is 4.74 Å². The summed E-state index contributed by atoms with van der Waals surface area (Å²) in [5.74, 6) is 0.432. The zero-order valence-corrected chi connectivity index (χ0v) is 18.5. The molecule has 1 heterocycles. The van der Waals surface area contributed by atoms with Crippen molar-refractivity contribution in [2.45, 2.75) is 19.0 Å². The topological polar surface area (TPSA) is 73.2 Å². The van der Waals surface area contributed by atoms with E-state index in [0.717, 1.165) is 22.4 Å². The summed E-state index contributed by atoms with van der Waals surface area (Å²) in [4.78, 5) is 25.8. The molecule has 0 saturated heterocycles. The van der Waals surface area contributed by atoms with Gasteiger partial charge in [0.05, 0.1) is 18.8 Å². The second kappa shape index (κ2) is 9.96. The molecule has 0 spiro atoms. The van der Waals surface area contributed by atoms with Gasteiger partial charge in [-0.15, -0.1) is 0 Å². The van der Waals surface area contributed by atoms with Crippen molar-refractivity contribution in [2.24, 2.45) is 0 Å². The van der Waals surface area contributed by atoms with Crippen LogP contribution in [0.15, 0.2) is 102 Å². The number of hydrogen-bond acceptors (Lipinski definition) is 4. The molecular formula is C27H25N3O3. The highest BCUT2D eigenvalue weighted by atomic mass is 16.5. The van der Waals surface area contributed by atoms with Crippen molar-refractivity contribution in [2.75, 3.05) is 7.11 Å². The van der Waals surface area contributed by atoms with Crippen LogP contribution >= 0.6 is 0 Å². The number of hydrogen-bond donors (Lipinski definition) is 1. The van der Waals surface area contributed by atoms with Crippen molar-refractivity contribution < 1.29 is 9.53 Å². The standard InChI is InChI=1S/C27H25N3O3/c1-19(30-25(31)18-17-24(29-30)20-13-15-23(33-2)16-14-20)27(32)28-26(21-9-5-3-6-10-21)22-11-7-4-8-12-22/h3-19,26H,1-2H3,(H,28,32). The maximum absolute atomic E-state index is 13.3. The predicted octanol–water partition coefficient (Wildman–Crippen LogP) is 4.39. The van der Waals surface area contributed by atoms with E-state index in [2.05, 4.69) is 10.4 Å². The van der Waals surface area contributed by atoms with Crippen LogP contribution in [0, 0.1) is 0 Å². The Bertz CT molecular complexity index is 1230. The van der Waals surface area contributed by atoms with Crippen molar-refractivity contribution in [3.05, 3.63) is 119 Å². The minimum Gasteiger partial charge on any atom is -0.497 e. The summed E-state index contributed by atoms with van der Waals surface area (Å²) in [6, 6.07) is 28.8. The highest BCUT2D eigenvalue weighted by Gasteiger charge is 2.23. The van der Waals surface area contributed by atoms with Gasteiger partial charge in [0.1, 0.15) is 11.8 Å². The van der Waals surface area contributed by atoms with E-state index in [0.29, 0.717) is 5.69 Å². The first-order valence-corrected chi connectivity index (χ1v) is 10.7. The average molecular weight is 440 g/mol. The molecule has 0 aliphatic heterocycles. The molecule has 1 amide bonds. The second-order valence-electron chi connectivity index (χ2n) is 7.67. The lowest BCUT2D eigenvalue weighted by atomic mass is 9.98. The molecule has 33 heavy (non-hydrogen) atoms. The van der Waals surface area contributed by atoms with Crippen LogP contribution < -0.4 is 15.6 Å². The third kappa shape index (κ3) is 5.01. The fourth-order valence-electron chi connectivity index (χ4n) is 3.64. The van der Waals surface area contributed by atoms with E-state index in [9.17, 15) is 9.59 Å². The summed E-state index contributed by atoms with van der Waals surface area (Å²) in [5, 5.41) is 7.57. The van der Waals surface area contributed by atoms with Gasteiger partial charge in [0.15, 0.2) is 0 Å². The van der Waals surface area contributed by atoms with Crippen LogP contribution in [-0.4, -0.2) is 22.8 Å². The molecule has 1 atom stereocenters. The van der Waals surface area contributed by atoms with Crippen molar-refractivity contribution in [1.29, 1.82) is 0 Å². The molecular weight excluding hydrogens is 414 g/mol. The molecule has 1 N–H and O–H groups in total. The van der Waals surface area contributed by atoms with Crippen LogP contribution in [0.1, 0.15) is 30.1 Å². The quantitative estimate of drug-likeness (QED) is 0.464. The van der Waals surface area contributed by atoms with E-state index in [1.54, 1.807) is 20.1 Å². The minimum absolute atomic E-state index is 0.297. The van der Waals surface area contributed by atoms with Crippen molar-refractivity contribution in [3.8, 4) is 17.0 Å². The van der Waals surface area contributed by atoms with Gasteiger partial charge in [-0.2, -0.15) is 5.10 Å². The van der Waals surface area contributed by atoms with E-state index in [1.807, 2.05) is 84.9 Å². The summed E-state index contributed by atoms with van der Waals surface area (Å²) in [6.45, 7) is 1.68. The molecule has 4 rings (SSSR count). The number of ether oxygens (including phenoxy) is 1. The van der Waals surface area contributed by atoms with Crippen LogP contribution in [0.2, 0.25) is 0 Å². The number of aromatic nitrogens is 2. The van der Waals surface area contributed by atoms with Gasteiger partial charge in [0.2, 0.25) is 5.91 Å². The molecule has 0 bridgehead atoms. The lowest BCUT2D eigenvalue weighted by Gasteiger charge is -2.22. The van der Waals surface area contributed by atoms with Gasteiger partial charge in [0.25, 0.3) is 5.56 Å². The first-order valence-electron chi connectivity index (χ1n) is 10.7. The Morgan fingerprint density at radius 3 is 1.97 bits per heavy atom. The molecule has 166 valence electrons. The first kappa shape index (κ1) is 22.0. The Morgan fingerprint density at radius 1 is 0.848 bits per heavy atom. The van der Waals surface area contributed by atoms with Gasteiger partial charge >= 0.3 is 0 Å². The van der Waals surface area contributed by atoms with Crippen molar-refractivity contribution in [3.63, 3.8) is 0 Å². The van der Waals surface area contributed by atoms with Crippen LogP contribution in [0.25, 0.3) is 11.3 Å². The van der Waals surface area contributed by atoms with Gasteiger partial charge in [-0.1, -0.05) is 60.7 Å². The Morgan fingerprint density at radius 2 is 1.42 bits per heavy atom. The van der Waals surface area contributed by atoms with Gasteiger partial charge < -0.3 is 10.1 Å². The molecule has 0 fully saturated rings. The number of benzene rings is 3. The minimum atomic E-state index is -0.800. The highest BCUT2D eigenvalue weighted by Crippen LogP contribution is 2.23. The van der Waals surface area contributed by atoms with E-state index in [1.165, 1.54) is 10.7 Å². The Balaban J connectivity index is 1.62. The molecule has 1 aromatic heterocycles. The highest BCUT2D eigenvalue weighted by molar-refractivity contribution is 5.80. The molecule has 3 aromatic carbocycles. The summed E-state index contributed by atoms with van der Waals surface area (Å²) in [7, 11) is 1.60. The third-order valence-corrected chi connectivity index (χ3v) is 5.51. The number of nitrogens with one attached hydrogen (secondary N) is 1. The normalized spacial score (nSPS) is 11.7. The smallest absolute Gasteiger partial charge is 0.267 e. The SMILES string of the molecule is COc1ccc(-c2ccc(=O)n(C(C)C(=O)NC(c3ccccc3)c3ccccc3)n2)cc1. The Kier molecular flexibility index (Phi) is 6.64. The predicted molar refractivity (Wildman–Crippen MR) is 128 cm³/mol. The summed E-state index contributed by atoms with van der Waals surface area (Å²) >= 11 is 0. The molecule has 0 aliphatic carbocycles. The largest absolute Gasteiger partial charge is 0.497 e. The Hall–Kier alpha value is -4.19. The molecule has 0 saturated carbocycles. The van der Waals surface area contributed by atoms with E-state index < -0.39 is 6.04 Å². The lowest BCUT2D eigenvalue weighted by molar-refractivity contribution is -0.124. The molecule has 6 heteroatoms. The van der Waals surface area contributed by atoms with Gasteiger partial charge in [-0.25, -0.2) is 4.68 Å². The number of nitrogens with zero attached hydrogens (tertiary/aromatic N) is 2. The zero-order valence-electron chi connectivity index (χ0n) is 18.5. The molecule has 0 aliphatic rings. The van der Waals surface area contributed by atoms with Crippen LogP contribution in [0.4, 0.5) is 0 Å². The van der Waals surface area contributed by atoms with Crippen LogP contribution in [-0.2, 0) is 4.79 Å². The van der Waals surface area contributed by atoms with Crippen molar-refractivity contribution >= 4 is 5.91 Å².